The van der Waals surface area contributed by atoms with E-state index < -0.39 is 29.4 Å². The van der Waals surface area contributed by atoms with Crippen LogP contribution in [0.4, 0.5) is 20.6 Å². The van der Waals surface area contributed by atoms with Gasteiger partial charge in [0.25, 0.3) is 17.1 Å². The summed E-state index contributed by atoms with van der Waals surface area (Å²) in [6.07, 6.45) is 1.50. The van der Waals surface area contributed by atoms with Crippen LogP contribution < -0.4 is 20.1 Å². The van der Waals surface area contributed by atoms with Gasteiger partial charge in [-0.05, 0) is 82.4 Å². The number of halogens is 2. The molecule has 1 fully saturated rings. The van der Waals surface area contributed by atoms with Gasteiger partial charge in [-0.3, -0.25) is 24.1 Å². The monoisotopic (exact) mass is 661 g/mol. The molecular formula is C27H21FIN3O6S. The zero-order valence-corrected chi connectivity index (χ0v) is 23.4. The summed E-state index contributed by atoms with van der Waals surface area (Å²) >= 11 is 2.70. The Morgan fingerprint density at radius 2 is 1.74 bits per heavy atom. The molecule has 0 spiro atoms. The summed E-state index contributed by atoms with van der Waals surface area (Å²) in [7, 11) is 1.44. The number of methoxy groups -OCH3 is 1. The van der Waals surface area contributed by atoms with Crippen molar-refractivity contribution in [2.75, 3.05) is 30.9 Å². The van der Waals surface area contributed by atoms with E-state index in [1.807, 2.05) is 28.7 Å². The number of rotatable bonds is 9. The van der Waals surface area contributed by atoms with Gasteiger partial charge in [-0.15, -0.1) is 0 Å². The molecule has 200 valence electrons. The van der Waals surface area contributed by atoms with Crippen molar-refractivity contribution in [3.05, 3.63) is 86.6 Å². The van der Waals surface area contributed by atoms with Gasteiger partial charge >= 0.3 is 0 Å². The van der Waals surface area contributed by atoms with E-state index in [9.17, 15) is 23.6 Å². The first-order valence-corrected chi connectivity index (χ1v) is 13.3. The quantitative estimate of drug-likeness (QED) is 0.242. The zero-order chi connectivity index (χ0) is 27.9. The lowest BCUT2D eigenvalue weighted by molar-refractivity contribution is -0.127. The fourth-order valence-electron chi connectivity index (χ4n) is 3.50. The average molecular weight is 661 g/mol. The third-order valence-corrected chi connectivity index (χ3v) is 6.99. The van der Waals surface area contributed by atoms with E-state index in [1.165, 1.54) is 31.4 Å². The van der Waals surface area contributed by atoms with Gasteiger partial charge in [-0.2, -0.15) is 0 Å². The van der Waals surface area contributed by atoms with Gasteiger partial charge in [-0.1, -0.05) is 30.3 Å². The van der Waals surface area contributed by atoms with E-state index >= 15 is 0 Å². The van der Waals surface area contributed by atoms with Crippen LogP contribution in [0, 0.1) is 9.39 Å². The molecule has 2 N–H and O–H groups in total. The van der Waals surface area contributed by atoms with Gasteiger partial charge in [0.15, 0.2) is 18.1 Å². The summed E-state index contributed by atoms with van der Waals surface area (Å²) in [5.41, 5.74) is 1.13. The minimum Gasteiger partial charge on any atom is -0.493 e. The van der Waals surface area contributed by atoms with Gasteiger partial charge < -0.3 is 20.1 Å². The Morgan fingerprint density at radius 3 is 2.46 bits per heavy atom. The topological polar surface area (TPSA) is 114 Å². The number of nitrogens with one attached hydrogen (secondary N) is 2. The molecule has 0 aromatic heterocycles. The molecule has 0 aliphatic carbocycles. The van der Waals surface area contributed by atoms with Crippen molar-refractivity contribution in [3.63, 3.8) is 0 Å². The Hall–Kier alpha value is -3.91. The molecule has 39 heavy (non-hydrogen) atoms. The molecule has 3 aromatic carbocycles. The average Bonchev–Trinajstić information content (AvgIpc) is 3.16. The molecular weight excluding hydrogens is 640 g/mol. The van der Waals surface area contributed by atoms with E-state index in [0.29, 0.717) is 38.1 Å². The Balaban J connectivity index is 1.43. The van der Waals surface area contributed by atoms with Gasteiger partial charge in [0.05, 0.1) is 21.3 Å². The number of carbonyl (C=O) groups is 4. The molecule has 0 saturated carbocycles. The van der Waals surface area contributed by atoms with Crippen LogP contribution in [0.3, 0.4) is 0 Å². The summed E-state index contributed by atoms with van der Waals surface area (Å²) in [6, 6.07) is 17.8. The van der Waals surface area contributed by atoms with Gasteiger partial charge in [0.1, 0.15) is 12.4 Å². The molecule has 0 bridgehead atoms. The maximum absolute atomic E-state index is 13.8. The minimum absolute atomic E-state index is 0.0495. The molecule has 1 aliphatic heterocycles. The highest BCUT2D eigenvalue weighted by Crippen LogP contribution is 2.37. The van der Waals surface area contributed by atoms with Crippen LogP contribution in [0.2, 0.25) is 0 Å². The fraction of sp³-hybridized carbons (Fsp3) is 0.111. The molecule has 3 aromatic rings. The van der Waals surface area contributed by atoms with Crippen molar-refractivity contribution in [3.8, 4) is 11.5 Å². The number of imide groups is 1. The molecule has 9 nitrogen and oxygen atoms in total. The largest absolute Gasteiger partial charge is 0.493 e. The van der Waals surface area contributed by atoms with Gasteiger partial charge in [0, 0.05) is 5.69 Å². The lowest BCUT2D eigenvalue weighted by atomic mass is 10.2. The standard InChI is InChI=1S/C27H21FIN3O6S/c1-37-21-12-16(11-19(29)25(21)38-15-24(34)30-17-7-3-2-4-8-17)13-22-26(35)32(27(36)39-22)14-23(33)31-20-10-6-5-9-18(20)28/h2-13H,14-15H2,1H3,(H,30,34)(H,31,33)/b22-13-. The summed E-state index contributed by atoms with van der Waals surface area (Å²) < 4.78 is 25.5. The number of carbonyl (C=O) groups excluding carboxylic acids is 4. The third kappa shape index (κ3) is 7.15. The Morgan fingerprint density at radius 1 is 1.03 bits per heavy atom. The first-order chi connectivity index (χ1) is 18.7. The number of benzene rings is 3. The molecule has 1 saturated heterocycles. The second-order valence-electron chi connectivity index (χ2n) is 8.03. The van der Waals surface area contributed by atoms with Gasteiger partial charge in [-0.25, -0.2) is 4.39 Å². The number of hydrogen-bond acceptors (Lipinski definition) is 7. The van der Waals surface area contributed by atoms with Crippen molar-refractivity contribution >= 4 is 74.8 Å². The second-order valence-corrected chi connectivity index (χ2v) is 10.2. The Bertz CT molecular complexity index is 1470. The molecule has 12 heteroatoms. The number of ether oxygens (including phenoxy) is 2. The number of para-hydroxylation sites is 2. The number of hydrogen-bond donors (Lipinski definition) is 2. The summed E-state index contributed by atoms with van der Waals surface area (Å²) in [5, 5.41) is 4.46. The molecule has 4 rings (SSSR count). The molecule has 1 aliphatic rings. The fourth-order valence-corrected chi connectivity index (χ4v) is 5.12. The number of anilines is 2. The number of thioether (sulfide) groups is 1. The minimum atomic E-state index is -0.710. The molecule has 1 heterocycles. The highest BCUT2D eigenvalue weighted by Gasteiger charge is 2.36. The molecule has 4 amide bonds. The van der Waals surface area contributed by atoms with Crippen molar-refractivity contribution in [2.45, 2.75) is 0 Å². The van der Waals surface area contributed by atoms with Crippen LogP contribution in [0.5, 0.6) is 11.5 Å². The van der Waals surface area contributed by atoms with Crippen LogP contribution in [0.1, 0.15) is 5.56 Å². The van der Waals surface area contributed by atoms with Crippen LogP contribution in [-0.2, 0) is 14.4 Å². The van der Waals surface area contributed by atoms with E-state index in [2.05, 4.69) is 10.6 Å². The highest BCUT2D eigenvalue weighted by atomic mass is 127. The van der Waals surface area contributed by atoms with Crippen LogP contribution >= 0.6 is 34.4 Å². The van der Waals surface area contributed by atoms with Crippen LogP contribution in [0.25, 0.3) is 6.08 Å². The van der Waals surface area contributed by atoms with Crippen LogP contribution in [0.15, 0.2) is 71.6 Å². The predicted molar refractivity (Wildman–Crippen MR) is 154 cm³/mol. The molecule has 0 unspecified atom stereocenters. The maximum atomic E-state index is 13.8. The molecule has 0 atom stereocenters. The van der Waals surface area contributed by atoms with Gasteiger partial charge in [0.2, 0.25) is 5.91 Å². The summed E-state index contributed by atoms with van der Waals surface area (Å²) in [6.45, 7) is -0.816. The first kappa shape index (κ1) is 28.1. The lowest BCUT2D eigenvalue weighted by Crippen LogP contribution is -2.36. The van der Waals surface area contributed by atoms with E-state index in [-0.39, 0.29) is 23.1 Å². The Labute approximate surface area is 240 Å². The third-order valence-electron chi connectivity index (χ3n) is 5.28. The van der Waals surface area contributed by atoms with Crippen molar-refractivity contribution in [1.82, 2.24) is 4.90 Å². The van der Waals surface area contributed by atoms with Crippen molar-refractivity contribution in [2.24, 2.45) is 0 Å². The lowest BCUT2D eigenvalue weighted by Gasteiger charge is -2.14. The number of nitrogens with zero attached hydrogens (tertiary/aromatic N) is 1. The van der Waals surface area contributed by atoms with Crippen LogP contribution in [-0.4, -0.2) is 48.1 Å². The Kier molecular flexibility index (Phi) is 9.19. The van der Waals surface area contributed by atoms with E-state index in [0.717, 1.165) is 4.90 Å². The first-order valence-electron chi connectivity index (χ1n) is 11.4. The molecule has 0 radical (unpaired) electrons. The predicted octanol–water partition coefficient (Wildman–Crippen LogP) is 5.13. The maximum Gasteiger partial charge on any atom is 0.294 e. The smallest absolute Gasteiger partial charge is 0.294 e. The normalized spacial score (nSPS) is 13.9. The van der Waals surface area contributed by atoms with Crippen molar-refractivity contribution < 1.29 is 33.0 Å². The van der Waals surface area contributed by atoms with Crippen molar-refractivity contribution in [1.29, 1.82) is 0 Å². The zero-order valence-electron chi connectivity index (χ0n) is 20.4. The summed E-state index contributed by atoms with van der Waals surface area (Å²) in [4.78, 5) is 50.8. The summed E-state index contributed by atoms with van der Waals surface area (Å²) in [5.74, 6) is -1.68. The highest BCUT2D eigenvalue weighted by molar-refractivity contribution is 14.1. The second kappa shape index (κ2) is 12.8. The number of amides is 4. The van der Waals surface area contributed by atoms with E-state index in [1.54, 1.807) is 42.5 Å². The van der Waals surface area contributed by atoms with E-state index in [4.69, 9.17) is 9.47 Å². The SMILES string of the molecule is COc1cc(/C=C2\SC(=O)N(CC(=O)Nc3ccccc3F)C2=O)cc(I)c1OCC(=O)Nc1ccccc1.